The summed E-state index contributed by atoms with van der Waals surface area (Å²) in [5.41, 5.74) is 0. The molecule has 0 rings (SSSR count). The monoisotopic (exact) mass is 282 g/mol. The summed E-state index contributed by atoms with van der Waals surface area (Å²) in [7, 11) is -0.444. The molecule has 0 saturated heterocycles. The molecule has 0 heterocycles. The lowest BCUT2D eigenvalue weighted by Gasteiger charge is -2.39. The second-order valence-corrected chi connectivity index (χ2v) is 15.7. The summed E-state index contributed by atoms with van der Waals surface area (Å²) >= 11 is 0. The predicted octanol–water partition coefficient (Wildman–Crippen LogP) is 2.00. The molecule has 0 aliphatic rings. The second kappa shape index (κ2) is 6.43. The molecule has 7 heteroatoms. The van der Waals surface area contributed by atoms with Gasteiger partial charge in [0.25, 0.3) is 0 Å². The van der Waals surface area contributed by atoms with Gasteiger partial charge in [-0.25, -0.2) is 0 Å². The van der Waals surface area contributed by atoms with E-state index in [1.54, 1.807) is 21.3 Å². The van der Waals surface area contributed by atoms with Gasteiger partial charge in [0.05, 0.1) is 0 Å². The van der Waals surface area contributed by atoms with Crippen LogP contribution in [0.25, 0.3) is 0 Å². The molecule has 16 heavy (non-hydrogen) atoms. The van der Waals surface area contributed by atoms with Crippen LogP contribution in [-0.4, -0.2) is 47.5 Å². The molecule has 1 unspecified atom stereocenters. The molecule has 0 aromatic rings. The van der Waals surface area contributed by atoms with Crippen molar-refractivity contribution in [3.05, 3.63) is 0 Å². The Bertz CT molecular complexity index is 199. The van der Waals surface area contributed by atoms with Crippen LogP contribution in [0.5, 0.6) is 0 Å². The van der Waals surface area contributed by atoms with E-state index >= 15 is 0 Å². The quantitative estimate of drug-likeness (QED) is 0.669. The standard InChI is InChI=1S/C9H26O4Si3/c1-9(15(7,8)13-14(5)6)16(10-2,11-3)12-4/h9,14H,1-8H3. The summed E-state index contributed by atoms with van der Waals surface area (Å²) in [5, 5.41) is 0.231. The molecule has 0 bridgehead atoms. The topological polar surface area (TPSA) is 36.9 Å². The third-order valence-corrected chi connectivity index (χ3v) is 15.3. The summed E-state index contributed by atoms with van der Waals surface area (Å²) in [6.07, 6.45) is 0. The molecule has 0 N–H and O–H groups in total. The molecule has 0 saturated carbocycles. The van der Waals surface area contributed by atoms with Crippen molar-refractivity contribution in [2.75, 3.05) is 21.3 Å². The van der Waals surface area contributed by atoms with E-state index in [-0.39, 0.29) is 5.16 Å². The Balaban J connectivity index is 4.91. The molecule has 0 amide bonds. The summed E-state index contributed by atoms with van der Waals surface area (Å²) in [6.45, 7) is 10.9. The molecule has 0 radical (unpaired) electrons. The first-order chi connectivity index (χ1) is 7.25. The van der Waals surface area contributed by atoms with Crippen molar-refractivity contribution in [2.45, 2.75) is 38.3 Å². The zero-order valence-electron chi connectivity index (χ0n) is 11.8. The van der Waals surface area contributed by atoms with Crippen LogP contribution in [0.2, 0.25) is 31.4 Å². The molecule has 0 fully saturated rings. The second-order valence-electron chi connectivity index (χ2n) is 4.71. The van der Waals surface area contributed by atoms with Crippen molar-refractivity contribution in [1.29, 1.82) is 0 Å². The Kier molecular flexibility index (Phi) is 6.63. The molecule has 0 aliphatic carbocycles. The molecule has 1 atom stereocenters. The summed E-state index contributed by atoms with van der Waals surface area (Å²) < 4.78 is 22.8. The van der Waals surface area contributed by atoms with Crippen LogP contribution in [0, 0.1) is 0 Å². The highest BCUT2D eigenvalue weighted by atomic mass is 28.5. The maximum Gasteiger partial charge on any atom is 0.502 e. The Morgan fingerprint density at radius 2 is 1.31 bits per heavy atom. The van der Waals surface area contributed by atoms with Crippen molar-refractivity contribution in [3.63, 3.8) is 0 Å². The van der Waals surface area contributed by atoms with Gasteiger partial charge >= 0.3 is 8.80 Å². The third-order valence-electron chi connectivity index (χ3n) is 2.97. The summed E-state index contributed by atoms with van der Waals surface area (Å²) in [6, 6.07) is 0. The Hall–Kier alpha value is 0.491. The van der Waals surface area contributed by atoms with Crippen LogP contribution in [0.3, 0.4) is 0 Å². The van der Waals surface area contributed by atoms with Crippen molar-refractivity contribution >= 4 is 26.2 Å². The van der Waals surface area contributed by atoms with Crippen molar-refractivity contribution < 1.29 is 17.4 Å². The van der Waals surface area contributed by atoms with Gasteiger partial charge in [-0.15, -0.1) is 0 Å². The summed E-state index contributed by atoms with van der Waals surface area (Å²) in [5.74, 6) is 0. The first kappa shape index (κ1) is 16.5. The fraction of sp³-hybridized carbons (Fsp3) is 1.00. The normalized spacial score (nSPS) is 15.6. The minimum Gasteiger partial charge on any atom is -0.458 e. The lowest BCUT2D eigenvalue weighted by atomic mass is 10.9. The minimum atomic E-state index is -2.56. The van der Waals surface area contributed by atoms with Crippen LogP contribution in [0.15, 0.2) is 0 Å². The van der Waals surface area contributed by atoms with Crippen molar-refractivity contribution in [1.82, 2.24) is 0 Å². The molecule has 0 aromatic carbocycles. The minimum absolute atomic E-state index is 0.231. The van der Waals surface area contributed by atoms with Crippen LogP contribution < -0.4 is 0 Å². The predicted molar refractivity (Wildman–Crippen MR) is 73.6 cm³/mol. The van der Waals surface area contributed by atoms with Gasteiger partial charge in [-0.3, -0.25) is 0 Å². The molecule has 0 aliphatic heterocycles. The average molecular weight is 283 g/mol. The van der Waals surface area contributed by atoms with E-state index in [4.69, 9.17) is 17.4 Å². The van der Waals surface area contributed by atoms with Crippen LogP contribution in [0.1, 0.15) is 6.92 Å². The number of hydrogen-bond acceptors (Lipinski definition) is 4. The Labute approximate surface area is 103 Å². The van der Waals surface area contributed by atoms with Gasteiger partial charge in [0.15, 0.2) is 17.4 Å². The van der Waals surface area contributed by atoms with Gasteiger partial charge in [0.1, 0.15) is 0 Å². The molecule has 0 spiro atoms. The van der Waals surface area contributed by atoms with E-state index < -0.39 is 26.2 Å². The van der Waals surface area contributed by atoms with Crippen LogP contribution in [-0.2, 0) is 17.4 Å². The van der Waals surface area contributed by atoms with Crippen molar-refractivity contribution in [2.24, 2.45) is 0 Å². The largest absolute Gasteiger partial charge is 0.502 e. The molecular formula is C9H26O4Si3. The lowest BCUT2D eigenvalue weighted by molar-refractivity contribution is 0.119. The highest BCUT2D eigenvalue weighted by Crippen LogP contribution is 2.33. The first-order valence-corrected chi connectivity index (χ1v) is 13.2. The third kappa shape index (κ3) is 3.76. The number of hydrogen-bond donors (Lipinski definition) is 0. The molecule has 0 aromatic heterocycles. The zero-order valence-corrected chi connectivity index (χ0v) is 14.9. The van der Waals surface area contributed by atoms with Crippen LogP contribution in [0.4, 0.5) is 0 Å². The van der Waals surface area contributed by atoms with Crippen molar-refractivity contribution in [3.8, 4) is 0 Å². The van der Waals surface area contributed by atoms with Crippen LogP contribution >= 0.6 is 0 Å². The number of rotatable bonds is 7. The summed E-state index contributed by atoms with van der Waals surface area (Å²) in [4.78, 5) is 0. The smallest absolute Gasteiger partial charge is 0.458 e. The van der Waals surface area contributed by atoms with E-state index in [2.05, 4.69) is 33.1 Å². The van der Waals surface area contributed by atoms with Gasteiger partial charge in [-0.05, 0) is 26.2 Å². The highest BCUT2D eigenvalue weighted by molar-refractivity contribution is 6.90. The molecule has 98 valence electrons. The van der Waals surface area contributed by atoms with Gasteiger partial charge in [0, 0.05) is 26.5 Å². The van der Waals surface area contributed by atoms with E-state index in [0.717, 1.165) is 0 Å². The molecule has 4 nitrogen and oxygen atoms in total. The van der Waals surface area contributed by atoms with Gasteiger partial charge < -0.3 is 17.4 Å². The molecular weight excluding hydrogens is 256 g/mol. The van der Waals surface area contributed by atoms with Gasteiger partial charge in [-0.2, -0.15) is 0 Å². The zero-order chi connectivity index (χ0) is 13.0. The van der Waals surface area contributed by atoms with E-state index in [9.17, 15) is 0 Å². The average Bonchev–Trinajstić information content (AvgIpc) is 2.19. The Morgan fingerprint density at radius 1 is 0.938 bits per heavy atom. The fourth-order valence-corrected chi connectivity index (χ4v) is 14.2. The SMILES string of the molecule is CO[Si](OC)(OC)C(C)[Si](C)(C)O[SiH](C)C. The fourth-order valence-electron chi connectivity index (χ4n) is 1.92. The van der Waals surface area contributed by atoms with Gasteiger partial charge in [-0.1, -0.05) is 6.92 Å². The van der Waals surface area contributed by atoms with E-state index in [1.807, 2.05) is 0 Å². The maximum atomic E-state index is 6.18. The lowest BCUT2D eigenvalue weighted by Crippen LogP contribution is -2.57. The maximum absolute atomic E-state index is 6.18. The first-order valence-electron chi connectivity index (χ1n) is 5.59. The highest BCUT2D eigenvalue weighted by Gasteiger charge is 2.53. The van der Waals surface area contributed by atoms with Gasteiger partial charge in [0.2, 0.25) is 0 Å². The van der Waals surface area contributed by atoms with E-state index in [1.165, 1.54) is 0 Å². The Morgan fingerprint density at radius 3 is 1.56 bits per heavy atom. The van der Waals surface area contributed by atoms with E-state index in [0.29, 0.717) is 0 Å².